The van der Waals surface area contributed by atoms with Gasteiger partial charge in [-0.25, -0.2) is 4.18 Å². The van der Waals surface area contributed by atoms with Gasteiger partial charge < -0.3 is 20.4 Å². The quantitative estimate of drug-likeness (QED) is 0.303. The Hall–Kier alpha value is -0.880. The molecule has 3 fully saturated rings. The number of carbonyl (C=O) groups excluding carboxylic acids is 1. The maximum Gasteiger partial charge on any atom is 0.397 e. The van der Waals surface area contributed by atoms with Gasteiger partial charge in [0.15, 0.2) is 5.78 Å². The van der Waals surface area contributed by atoms with Crippen LogP contribution in [0.1, 0.15) is 86.0 Å². The molecular weight excluding hydrogens is 500 g/mol. The highest BCUT2D eigenvalue weighted by Gasteiger charge is 2.67. The van der Waals surface area contributed by atoms with Gasteiger partial charge >= 0.3 is 10.4 Å². The van der Waals surface area contributed by atoms with Crippen LogP contribution in [-0.2, 0) is 19.4 Å². The number of hydrogen-bond donors (Lipinski definition) is 5. The Kier molecular flexibility index (Phi) is 7.36. The third-order valence-corrected chi connectivity index (χ3v) is 11.2. The molecule has 4 rings (SSSR count). The minimum atomic E-state index is -4.73. The maximum atomic E-state index is 13.3. The number of fused-ring (bicyclic) bond motifs is 5. The van der Waals surface area contributed by atoms with E-state index in [1.54, 1.807) is 19.9 Å². The van der Waals surface area contributed by atoms with E-state index in [1.165, 1.54) is 0 Å². The van der Waals surface area contributed by atoms with Crippen molar-refractivity contribution >= 4 is 16.2 Å². The number of ketones is 1. The predicted octanol–water partition coefficient (Wildman–Crippen LogP) is 2.57. The molecule has 4 aliphatic carbocycles. The third kappa shape index (κ3) is 4.96. The highest BCUT2D eigenvalue weighted by molar-refractivity contribution is 7.80. The molecule has 0 heterocycles. The van der Waals surface area contributed by atoms with E-state index in [9.17, 15) is 38.2 Å². The summed E-state index contributed by atoms with van der Waals surface area (Å²) in [5.41, 5.74) is -2.86. The molecule has 0 amide bonds. The van der Waals surface area contributed by atoms with Crippen LogP contribution < -0.4 is 0 Å². The minimum absolute atomic E-state index is 0.107. The number of aliphatic hydroxyl groups is 4. The van der Waals surface area contributed by atoms with E-state index in [0.717, 1.165) is 0 Å². The lowest BCUT2D eigenvalue weighted by molar-refractivity contribution is -0.154. The first kappa shape index (κ1) is 29.1. The molecule has 0 aliphatic heterocycles. The van der Waals surface area contributed by atoms with Crippen LogP contribution in [0.4, 0.5) is 0 Å². The van der Waals surface area contributed by atoms with Gasteiger partial charge in [0.2, 0.25) is 0 Å². The summed E-state index contributed by atoms with van der Waals surface area (Å²) in [6.07, 6.45) is 2.16. The van der Waals surface area contributed by atoms with Gasteiger partial charge in [-0.05, 0) is 100 Å². The molecule has 0 aromatic heterocycles. The molecule has 4 aliphatic rings. The average Bonchev–Trinajstić information content (AvgIpc) is 3.03. The van der Waals surface area contributed by atoms with Crippen molar-refractivity contribution in [1.29, 1.82) is 0 Å². The summed E-state index contributed by atoms with van der Waals surface area (Å²) in [6, 6.07) is 0. The highest BCUT2D eigenvalue weighted by Crippen LogP contribution is 2.68. The molecule has 0 aromatic rings. The van der Waals surface area contributed by atoms with Crippen molar-refractivity contribution in [2.45, 2.75) is 115 Å². The molecule has 0 aromatic carbocycles. The van der Waals surface area contributed by atoms with Crippen molar-refractivity contribution in [3.63, 3.8) is 0 Å². The Morgan fingerprint density at radius 3 is 2.38 bits per heavy atom. The summed E-state index contributed by atoms with van der Waals surface area (Å²) in [4.78, 5) is 13.3. The maximum absolute atomic E-state index is 13.3. The standard InChI is InChI=1S/C27H44O9S/c1-15(23(36-37(33,34)35)8-9-24(2,3)31)16-7-11-27(32)18-12-20(28)19-13-21(29)22(30)14-25(19,4)17(18)6-10-26(16,27)5/h12,15-17,19,21-23,29-32H,6-11,13-14H2,1-5H3,(H,33,34,35). The molecule has 0 spiro atoms. The summed E-state index contributed by atoms with van der Waals surface area (Å²) in [7, 11) is -4.73. The molecule has 3 saturated carbocycles. The van der Waals surface area contributed by atoms with Crippen molar-refractivity contribution in [2.75, 3.05) is 0 Å². The molecule has 10 atom stereocenters. The average molecular weight is 545 g/mol. The second-order valence-electron chi connectivity index (χ2n) is 13.4. The van der Waals surface area contributed by atoms with Crippen molar-refractivity contribution in [1.82, 2.24) is 0 Å². The van der Waals surface area contributed by atoms with Crippen LogP contribution in [0.2, 0.25) is 0 Å². The van der Waals surface area contributed by atoms with E-state index < -0.39 is 56.7 Å². The van der Waals surface area contributed by atoms with Crippen molar-refractivity contribution in [2.24, 2.45) is 34.5 Å². The molecule has 10 heteroatoms. The smallest absolute Gasteiger partial charge is 0.390 e. The Morgan fingerprint density at radius 2 is 1.78 bits per heavy atom. The van der Waals surface area contributed by atoms with E-state index >= 15 is 0 Å². The van der Waals surface area contributed by atoms with Gasteiger partial charge in [0, 0.05) is 11.3 Å². The first-order chi connectivity index (χ1) is 16.8. The normalized spacial score (nSPS) is 43.9. The fourth-order valence-electron chi connectivity index (χ4n) is 8.56. The second kappa shape index (κ2) is 9.35. The molecule has 0 bridgehead atoms. The largest absolute Gasteiger partial charge is 0.397 e. The van der Waals surface area contributed by atoms with Crippen LogP contribution in [0.3, 0.4) is 0 Å². The monoisotopic (exact) mass is 544 g/mol. The Balaban J connectivity index is 1.66. The van der Waals surface area contributed by atoms with Crippen LogP contribution in [-0.4, -0.2) is 68.7 Å². The molecule has 37 heavy (non-hydrogen) atoms. The fourth-order valence-corrected chi connectivity index (χ4v) is 9.15. The van der Waals surface area contributed by atoms with E-state index in [2.05, 4.69) is 0 Å². The van der Waals surface area contributed by atoms with E-state index in [1.807, 2.05) is 20.8 Å². The zero-order chi connectivity index (χ0) is 27.8. The zero-order valence-electron chi connectivity index (χ0n) is 22.6. The fraction of sp³-hybridized carbons (Fsp3) is 0.889. The van der Waals surface area contributed by atoms with Gasteiger partial charge in [0.1, 0.15) is 0 Å². The molecule has 212 valence electrons. The van der Waals surface area contributed by atoms with E-state index in [4.69, 9.17) is 4.18 Å². The summed E-state index contributed by atoms with van der Waals surface area (Å²) in [6.45, 7) is 9.11. The van der Waals surface area contributed by atoms with Gasteiger partial charge in [0.05, 0.1) is 29.5 Å². The molecule has 0 radical (unpaired) electrons. The molecule has 5 N–H and O–H groups in total. The van der Waals surface area contributed by atoms with Crippen molar-refractivity contribution in [3.05, 3.63) is 11.6 Å². The summed E-state index contributed by atoms with van der Waals surface area (Å²) in [5, 5.41) is 43.3. The van der Waals surface area contributed by atoms with Crippen molar-refractivity contribution in [3.8, 4) is 0 Å². The topological polar surface area (TPSA) is 162 Å². The van der Waals surface area contributed by atoms with E-state index in [0.29, 0.717) is 37.7 Å². The number of hydrogen-bond acceptors (Lipinski definition) is 8. The van der Waals surface area contributed by atoms with Gasteiger partial charge in [-0.1, -0.05) is 20.8 Å². The van der Waals surface area contributed by atoms with Crippen LogP contribution in [0, 0.1) is 34.5 Å². The zero-order valence-corrected chi connectivity index (χ0v) is 23.4. The molecule has 9 nitrogen and oxygen atoms in total. The first-order valence-corrected chi connectivity index (χ1v) is 14.9. The molecular formula is C27H44O9S. The SMILES string of the molecule is CC(C(CCC(C)(C)O)OS(=O)(=O)O)C1CCC2(O)C3=CC(=O)C4CC(O)C(O)CC4(C)C3CCC12C. The third-order valence-electron chi connectivity index (χ3n) is 10.7. The van der Waals surface area contributed by atoms with E-state index in [-0.39, 0.29) is 42.8 Å². The Morgan fingerprint density at radius 1 is 1.14 bits per heavy atom. The van der Waals surface area contributed by atoms with Gasteiger partial charge in [-0.15, -0.1) is 0 Å². The first-order valence-electron chi connectivity index (χ1n) is 13.5. The number of aliphatic hydroxyl groups excluding tert-OH is 2. The number of rotatable bonds is 7. The summed E-state index contributed by atoms with van der Waals surface area (Å²) < 4.78 is 38.0. The minimum Gasteiger partial charge on any atom is -0.390 e. The lowest BCUT2D eigenvalue weighted by atomic mass is 9.46. The molecule has 0 saturated heterocycles. The van der Waals surface area contributed by atoms with Crippen LogP contribution in [0.15, 0.2) is 11.6 Å². The van der Waals surface area contributed by atoms with Gasteiger partial charge in [0.25, 0.3) is 0 Å². The van der Waals surface area contributed by atoms with Crippen LogP contribution in [0.5, 0.6) is 0 Å². The number of allylic oxidation sites excluding steroid dienone is 1. The van der Waals surface area contributed by atoms with Crippen LogP contribution >= 0.6 is 0 Å². The summed E-state index contributed by atoms with van der Waals surface area (Å²) in [5.74, 6) is -1.16. The highest BCUT2D eigenvalue weighted by atomic mass is 32.3. The van der Waals surface area contributed by atoms with Gasteiger partial charge in [-0.3, -0.25) is 9.35 Å². The predicted molar refractivity (Wildman–Crippen MR) is 136 cm³/mol. The lowest BCUT2D eigenvalue weighted by Crippen LogP contribution is -2.61. The molecule has 10 unspecified atom stereocenters. The second-order valence-corrected chi connectivity index (χ2v) is 14.5. The summed E-state index contributed by atoms with van der Waals surface area (Å²) >= 11 is 0. The van der Waals surface area contributed by atoms with Gasteiger partial charge in [-0.2, -0.15) is 8.42 Å². The number of carbonyl (C=O) groups is 1. The van der Waals surface area contributed by atoms with Crippen molar-refractivity contribution < 1.29 is 42.4 Å². The lowest BCUT2D eigenvalue weighted by Gasteiger charge is -2.60. The Labute approximate surface area is 220 Å². The Bertz CT molecular complexity index is 1050. The van der Waals surface area contributed by atoms with Crippen LogP contribution in [0.25, 0.3) is 0 Å².